The monoisotopic (exact) mass is 226 g/mol. The first-order valence-electron chi connectivity index (χ1n) is 6.26. The third-order valence-corrected chi connectivity index (χ3v) is 3.51. The Kier molecular flexibility index (Phi) is 3.50. The van der Waals surface area contributed by atoms with Gasteiger partial charge in [0.15, 0.2) is 0 Å². The average Bonchev–Trinajstić information content (AvgIpc) is 2.62. The van der Waals surface area contributed by atoms with E-state index < -0.39 is 0 Å². The summed E-state index contributed by atoms with van der Waals surface area (Å²) in [4.78, 5) is 14.1. The first-order valence-corrected chi connectivity index (χ1v) is 6.26. The van der Waals surface area contributed by atoms with Crippen LogP contribution in [0.4, 0.5) is 0 Å². The molecule has 4 heteroatoms. The topological polar surface area (TPSA) is 55.6 Å². The molecule has 2 heterocycles. The van der Waals surface area contributed by atoms with Crippen LogP contribution >= 0.6 is 0 Å². The zero-order valence-corrected chi connectivity index (χ0v) is 10.2. The van der Waals surface area contributed by atoms with Crippen molar-refractivity contribution in [1.82, 2.24) is 4.90 Å². The van der Waals surface area contributed by atoms with E-state index in [1.807, 2.05) is 11.8 Å². The van der Waals surface area contributed by atoms with E-state index >= 15 is 0 Å². The number of piperidine rings is 1. The van der Waals surface area contributed by atoms with Gasteiger partial charge < -0.3 is 15.4 Å². The van der Waals surface area contributed by atoms with Gasteiger partial charge in [-0.25, -0.2) is 0 Å². The van der Waals surface area contributed by atoms with Gasteiger partial charge in [0.1, 0.15) is 6.10 Å². The van der Waals surface area contributed by atoms with Gasteiger partial charge in [-0.2, -0.15) is 0 Å². The maximum absolute atomic E-state index is 12.2. The lowest BCUT2D eigenvalue weighted by Gasteiger charge is -2.36. The number of carbonyl (C=O) groups excluding carboxylic acids is 1. The van der Waals surface area contributed by atoms with Gasteiger partial charge in [-0.15, -0.1) is 0 Å². The van der Waals surface area contributed by atoms with Gasteiger partial charge in [0, 0.05) is 19.1 Å². The van der Waals surface area contributed by atoms with Gasteiger partial charge in [0.2, 0.25) is 0 Å². The molecule has 92 valence electrons. The highest BCUT2D eigenvalue weighted by Gasteiger charge is 2.34. The molecular weight excluding hydrogens is 204 g/mol. The van der Waals surface area contributed by atoms with Crippen molar-refractivity contribution >= 4 is 5.91 Å². The van der Waals surface area contributed by atoms with Gasteiger partial charge in [-0.3, -0.25) is 4.79 Å². The SMILES string of the molecule is CC1CC(N)CN(C(=O)C2CCC(C)O2)C1. The molecule has 2 N–H and O–H groups in total. The van der Waals surface area contributed by atoms with Crippen LogP contribution in [0.15, 0.2) is 0 Å². The molecule has 0 radical (unpaired) electrons. The van der Waals surface area contributed by atoms with E-state index in [1.54, 1.807) is 0 Å². The molecule has 16 heavy (non-hydrogen) atoms. The van der Waals surface area contributed by atoms with Gasteiger partial charge >= 0.3 is 0 Å². The Morgan fingerprint density at radius 2 is 2.06 bits per heavy atom. The maximum Gasteiger partial charge on any atom is 0.251 e. The quantitative estimate of drug-likeness (QED) is 0.718. The summed E-state index contributed by atoms with van der Waals surface area (Å²) in [5, 5.41) is 0. The van der Waals surface area contributed by atoms with Crippen molar-refractivity contribution < 1.29 is 9.53 Å². The lowest BCUT2D eigenvalue weighted by molar-refractivity contribution is -0.144. The van der Waals surface area contributed by atoms with Gasteiger partial charge in [-0.1, -0.05) is 6.92 Å². The highest BCUT2D eigenvalue weighted by molar-refractivity contribution is 5.81. The van der Waals surface area contributed by atoms with E-state index in [9.17, 15) is 4.79 Å². The van der Waals surface area contributed by atoms with Crippen molar-refractivity contribution in [2.45, 2.75) is 51.4 Å². The summed E-state index contributed by atoms with van der Waals surface area (Å²) < 4.78 is 5.61. The second kappa shape index (κ2) is 4.72. The van der Waals surface area contributed by atoms with Crippen molar-refractivity contribution in [2.75, 3.05) is 13.1 Å². The average molecular weight is 226 g/mol. The normalized spacial score (nSPS) is 40.1. The maximum atomic E-state index is 12.2. The summed E-state index contributed by atoms with van der Waals surface area (Å²) in [5.41, 5.74) is 5.94. The molecular formula is C12H22N2O2. The summed E-state index contributed by atoms with van der Waals surface area (Å²) in [5.74, 6) is 0.651. The van der Waals surface area contributed by atoms with Gasteiger partial charge in [0.25, 0.3) is 5.91 Å². The molecule has 4 atom stereocenters. The number of amides is 1. The zero-order valence-electron chi connectivity index (χ0n) is 10.2. The molecule has 2 fully saturated rings. The number of ether oxygens (including phenoxy) is 1. The second-order valence-corrected chi connectivity index (χ2v) is 5.36. The molecule has 2 aliphatic rings. The van der Waals surface area contributed by atoms with Crippen LogP contribution < -0.4 is 5.73 Å². The highest BCUT2D eigenvalue weighted by atomic mass is 16.5. The minimum Gasteiger partial charge on any atom is -0.365 e. The summed E-state index contributed by atoms with van der Waals surface area (Å²) >= 11 is 0. The van der Waals surface area contributed by atoms with Crippen LogP contribution in [0.25, 0.3) is 0 Å². The third kappa shape index (κ3) is 2.55. The molecule has 1 amide bonds. The molecule has 0 saturated carbocycles. The third-order valence-electron chi connectivity index (χ3n) is 3.51. The molecule has 2 saturated heterocycles. The minimum absolute atomic E-state index is 0.131. The van der Waals surface area contributed by atoms with Crippen LogP contribution in [-0.2, 0) is 9.53 Å². The van der Waals surface area contributed by atoms with Crippen LogP contribution in [0.3, 0.4) is 0 Å². The van der Waals surface area contributed by atoms with Crippen molar-refractivity contribution in [3.63, 3.8) is 0 Å². The van der Waals surface area contributed by atoms with Crippen molar-refractivity contribution in [1.29, 1.82) is 0 Å². The van der Waals surface area contributed by atoms with E-state index in [-0.39, 0.29) is 24.2 Å². The molecule has 0 aromatic rings. The predicted molar refractivity (Wildman–Crippen MR) is 61.9 cm³/mol. The number of hydrogen-bond acceptors (Lipinski definition) is 3. The van der Waals surface area contributed by atoms with Gasteiger partial charge in [0.05, 0.1) is 6.10 Å². The fourth-order valence-electron chi connectivity index (χ4n) is 2.77. The Bertz CT molecular complexity index is 260. The molecule has 4 unspecified atom stereocenters. The Labute approximate surface area is 97.1 Å². The smallest absolute Gasteiger partial charge is 0.251 e. The number of nitrogens with zero attached hydrogens (tertiary/aromatic N) is 1. The number of carbonyl (C=O) groups is 1. The predicted octanol–water partition coefficient (Wildman–Crippen LogP) is 0.750. The summed E-state index contributed by atoms with van der Waals surface area (Å²) in [6, 6.07) is 0.131. The second-order valence-electron chi connectivity index (χ2n) is 5.36. The standard InChI is InChI=1S/C12H22N2O2/c1-8-5-10(13)7-14(6-8)12(15)11-4-3-9(2)16-11/h8-11H,3-7,13H2,1-2H3. The zero-order chi connectivity index (χ0) is 11.7. The van der Waals surface area contributed by atoms with E-state index in [4.69, 9.17) is 10.5 Å². The number of hydrogen-bond donors (Lipinski definition) is 1. The molecule has 0 aromatic heterocycles. The van der Waals surface area contributed by atoms with E-state index in [0.717, 1.165) is 25.8 Å². The van der Waals surface area contributed by atoms with E-state index in [1.165, 1.54) is 0 Å². The minimum atomic E-state index is -0.215. The van der Waals surface area contributed by atoms with Crippen LogP contribution in [0.2, 0.25) is 0 Å². The summed E-state index contributed by atoms with van der Waals surface area (Å²) in [7, 11) is 0. The molecule has 2 aliphatic heterocycles. The molecule has 0 bridgehead atoms. The van der Waals surface area contributed by atoms with Crippen molar-refractivity contribution in [3.05, 3.63) is 0 Å². The number of rotatable bonds is 1. The lowest BCUT2D eigenvalue weighted by atomic mass is 9.96. The van der Waals surface area contributed by atoms with Crippen LogP contribution in [-0.4, -0.2) is 42.1 Å². The van der Waals surface area contributed by atoms with Gasteiger partial charge in [-0.05, 0) is 32.1 Å². The molecule has 4 nitrogen and oxygen atoms in total. The first-order chi connectivity index (χ1) is 7.56. The van der Waals surface area contributed by atoms with Crippen LogP contribution in [0, 0.1) is 5.92 Å². The van der Waals surface area contributed by atoms with Crippen LogP contribution in [0.1, 0.15) is 33.1 Å². The number of likely N-dealkylation sites (tertiary alicyclic amines) is 1. The fraction of sp³-hybridized carbons (Fsp3) is 0.917. The Morgan fingerprint density at radius 1 is 1.31 bits per heavy atom. The number of nitrogens with two attached hydrogens (primary N) is 1. The van der Waals surface area contributed by atoms with E-state index in [0.29, 0.717) is 12.5 Å². The van der Waals surface area contributed by atoms with E-state index in [2.05, 4.69) is 6.92 Å². The molecule has 0 spiro atoms. The first kappa shape index (κ1) is 11.9. The summed E-state index contributed by atoms with van der Waals surface area (Å²) in [6.07, 6.45) is 2.88. The molecule has 0 aromatic carbocycles. The van der Waals surface area contributed by atoms with Crippen molar-refractivity contribution in [3.8, 4) is 0 Å². The Morgan fingerprint density at radius 3 is 2.62 bits per heavy atom. The molecule has 2 rings (SSSR count). The van der Waals surface area contributed by atoms with Crippen molar-refractivity contribution in [2.24, 2.45) is 11.7 Å². The fourth-order valence-corrected chi connectivity index (χ4v) is 2.77. The summed E-state index contributed by atoms with van der Waals surface area (Å²) in [6.45, 7) is 5.70. The highest BCUT2D eigenvalue weighted by Crippen LogP contribution is 2.23. The Balaban J connectivity index is 1.93. The largest absolute Gasteiger partial charge is 0.365 e. The Hall–Kier alpha value is -0.610. The molecule has 0 aliphatic carbocycles. The van der Waals surface area contributed by atoms with Crippen LogP contribution in [0.5, 0.6) is 0 Å². The lowest BCUT2D eigenvalue weighted by Crippen LogP contribution is -2.51.